The number of alkyl halides is 2. The Morgan fingerprint density at radius 3 is 2.35 bits per heavy atom. The van der Waals surface area contributed by atoms with Crippen molar-refractivity contribution in [2.45, 2.75) is 54.6 Å². The number of carbonyl (C=O) groups excluding carboxylic acids is 2. The first-order chi connectivity index (χ1) is 23.2. The lowest BCUT2D eigenvalue weighted by Gasteiger charge is -2.35. The van der Waals surface area contributed by atoms with E-state index in [-0.39, 0.29) is 58.5 Å². The van der Waals surface area contributed by atoms with Crippen molar-refractivity contribution in [1.29, 1.82) is 5.26 Å². The highest BCUT2D eigenvalue weighted by atomic mass is 35.5. The lowest BCUT2D eigenvalue weighted by Crippen LogP contribution is -2.51. The molecule has 3 aromatic rings. The maximum Gasteiger partial charge on any atom is 0.326 e. The Hall–Kier alpha value is -4.20. The number of nitrogens with one attached hydrogen (secondary N) is 2. The van der Waals surface area contributed by atoms with E-state index in [1.54, 1.807) is 17.0 Å². The lowest BCUT2D eigenvalue weighted by atomic mass is 10.0. The van der Waals surface area contributed by atoms with Crippen molar-refractivity contribution >= 4 is 56.7 Å². The Labute approximate surface area is 290 Å². The van der Waals surface area contributed by atoms with Gasteiger partial charge in [0.25, 0.3) is 11.8 Å². The molecule has 49 heavy (non-hydrogen) atoms. The zero-order chi connectivity index (χ0) is 35.5. The number of hydrogen-bond acceptors (Lipinski definition) is 8. The minimum atomic E-state index is -4.37. The minimum Gasteiger partial charge on any atom is -0.480 e. The van der Waals surface area contributed by atoms with E-state index in [9.17, 15) is 42.0 Å². The second kappa shape index (κ2) is 14.7. The molecule has 17 heteroatoms. The van der Waals surface area contributed by atoms with Gasteiger partial charge in [-0.1, -0.05) is 41.4 Å². The summed E-state index contributed by atoms with van der Waals surface area (Å²) in [5.74, 6) is -5.67. The van der Waals surface area contributed by atoms with Crippen molar-refractivity contribution in [1.82, 2.24) is 19.5 Å². The van der Waals surface area contributed by atoms with Crippen LogP contribution in [0.15, 0.2) is 65.8 Å². The molecule has 0 saturated carbocycles. The van der Waals surface area contributed by atoms with E-state index >= 15 is 0 Å². The summed E-state index contributed by atoms with van der Waals surface area (Å²) in [6.45, 7) is -0.190. The smallest absolute Gasteiger partial charge is 0.326 e. The molecule has 2 aliphatic heterocycles. The number of likely N-dealkylation sites (tertiary alicyclic amines) is 1. The molecule has 0 bridgehead atoms. The van der Waals surface area contributed by atoms with Gasteiger partial charge in [-0.2, -0.15) is 9.57 Å². The fraction of sp³-hybridized carbons (Fsp3) is 0.344. The van der Waals surface area contributed by atoms with Crippen LogP contribution in [0.3, 0.4) is 0 Å². The van der Waals surface area contributed by atoms with Crippen molar-refractivity contribution in [3.8, 4) is 6.07 Å². The Balaban J connectivity index is 1.32. The summed E-state index contributed by atoms with van der Waals surface area (Å²) in [5.41, 5.74) is 0.930. The van der Waals surface area contributed by atoms with Crippen LogP contribution in [0.2, 0.25) is 10.0 Å². The molecule has 3 heterocycles. The maximum atomic E-state index is 13.9. The van der Waals surface area contributed by atoms with Gasteiger partial charge in [0.05, 0.1) is 32.1 Å². The van der Waals surface area contributed by atoms with Crippen LogP contribution in [-0.2, 0) is 26.0 Å². The van der Waals surface area contributed by atoms with Crippen LogP contribution < -0.4 is 10.6 Å². The van der Waals surface area contributed by atoms with Gasteiger partial charge in [0.15, 0.2) is 0 Å². The van der Waals surface area contributed by atoms with Gasteiger partial charge in [0, 0.05) is 63.0 Å². The van der Waals surface area contributed by atoms with E-state index < -0.39 is 64.7 Å². The second-order valence-corrected chi connectivity index (χ2v) is 14.4. The van der Waals surface area contributed by atoms with Gasteiger partial charge in [-0.15, -0.1) is 0 Å². The van der Waals surface area contributed by atoms with Gasteiger partial charge in [-0.05, 0) is 42.3 Å². The molecule has 2 fully saturated rings. The number of nitriles is 1. The summed E-state index contributed by atoms with van der Waals surface area (Å²) in [5, 5.41) is 24.5. The van der Waals surface area contributed by atoms with Crippen LogP contribution in [0.25, 0.3) is 0 Å². The average molecular weight is 736 g/mol. The summed E-state index contributed by atoms with van der Waals surface area (Å²) < 4.78 is 56.4. The number of piperidine rings is 1. The summed E-state index contributed by atoms with van der Waals surface area (Å²) in [6.07, 6.45) is 1.48. The van der Waals surface area contributed by atoms with Crippen molar-refractivity contribution in [3.05, 3.63) is 87.7 Å². The first-order valence-corrected chi connectivity index (χ1v) is 17.2. The van der Waals surface area contributed by atoms with Gasteiger partial charge >= 0.3 is 5.97 Å². The Morgan fingerprint density at radius 1 is 1.08 bits per heavy atom. The van der Waals surface area contributed by atoms with Crippen molar-refractivity contribution in [2.24, 2.45) is 0 Å². The molecule has 5 rings (SSSR count). The first-order valence-electron chi connectivity index (χ1n) is 15.0. The van der Waals surface area contributed by atoms with Gasteiger partial charge in [-0.3, -0.25) is 19.5 Å². The number of carboxylic acids is 1. The number of amides is 2. The van der Waals surface area contributed by atoms with Crippen LogP contribution in [0.5, 0.6) is 0 Å². The molecule has 0 aliphatic carbocycles. The molecular weight excluding hydrogens is 705 g/mol. The van der Waals surface area contributed by atoms with Crippen LogP contribution in [0.4, 0.5) is 14.5 Å². The molecule has 1 aromatic heterocycles. The quantitative estimate of drug-likeness (QED) is 0.276. The van der Waals surface area contributed by atoms with E-state index in [4.69, 9.17) is 23.2 Å². The lowest BCUT2D eigenvalue weighted by molar-refractivity contribution is -0.142. The van der Waals surface area contributed by atoms with Crippen molar-refractivity contribution < 1.29 is 36.7 Å². The van der Waals surface area contributed by atoms with E-state index in [0.29, 0.717) is 11.3 Å². The number of aromatic nitrogens is 1. The van der Waals surface area contributed by atoms with Gasteiger partial charge < -0.3 is 15.7 Å². The summed E-state index contributed by atoms with van der Waals surface area (Å²) in [7, 11) is -4.37. The van der Waals surface area contributed by atoms with Crippen molar-refractivity contribution in [3.63, 3.8) is 0 Å². The molecule has 0 spiro atoms. The largest absolute Gasteiger partial charge is 0.480 e. The molecule has 2 amide bonds. The third kappa shape index (κ3) is 8.34. The Bertz CT molecular complexity index is 1880. The number of benzene rings is 2. The predicted molar refractivity (Wildman–Crippen MR) is 175 cm³/mol. The standard InChI is InChI=1S/C32H30Cl2F2N6O6S/c33-24-16-38-17-25(34)28(24)30(44)39-21-6-4-19(5-7-21)13-26(31(45)46)40-29(43)27-14-22(41-10-8-32(35,36)9-11-41)18-42(27)49(47,48)23-3-1-2-20(12-23)15-37/h1-7,12,16-17,22,26-27H,8-11,13-14,18H2,(H,39,44)(H,40,43)(H,45,46)/t22-,26+,27?/m1/s1. The SMILES string of the molecule is N#Cc1cccc(S(=O)(=O)N2C[C@H](N3CCC(F)(F)CC3)CC2C(=O)N[C@@H](Cc2ccc(NC(=O)c3c(Cl)cncc3Cl)cc2)C(=O)O)c1. The summed E-state index contributed by atoms with van der Waals surface area (Å²) >= 11 is 12.1. The van der Waals surface area contributed by atoms with Crippen LogP contribution in [0, 0.1) is 11.3 Å². The molecule has 2 saturated heterocycles. The third-order valence-corrected chi connectivity index (χ3v) is 10.9. The van der Waals surface area contributed by atoms with Crippen LogP contribution >= 0.6 is 23.2 Å². The minimum absolute atomic E-state index is 0.000641. The number of anilines is 1. The summed E-state index contributed by atoms with van der Waals surface area (Å²) in [4.78, 5) is 44.0. The highest BCUT2D eigenvalue weighted by Gasteiger charge is 2.48. The van der Waals surface area contributed by atoms with Gasteiger partial charge in [0.1, 0.15) is 12.1 Å². The zero-order valence-corrected chi connectivity index (χ0v) is 28.0. The van der Waals surface area contributed by atoms with Crippen LogP contribution in [-0.4, -0.2) is 89.2 Å². The summed E-state index contributed by atoms with van der Waals surface area (Å²) in [6, 6.07) is 9.87. The number of carbonyl (C=O) groups is 3. The number of hydrogen-bond donors (Lipinski definition) is 3. The molecule has 0 radical (unpaired) electrons. The van der Waals surface area contributed by atoms with Gasteiger partial charge in [-0.25, -0.2) is 22.0 Å². The number of halogens is 4. The van der Waals surface area contributed by atoms with Crippen molar-refractivity contribution in [2.75, 3.05) is 25.0 Å². The molecule has 3 atom stereocenters. The highest BCUT2D eigenvalue weighted by molar-refractivity contribution is 7.89. The van der Waals surface area contributed by atoms with E-state index in [2.05, 4.69) is 15.6 Å². The average Bonchev–Trinajstić information content (AvgIpc) is 3.52. The maximum absolute atomic E-state index is 13.9. The topological polar surface area (TPSA) is 173 Å². The number of carboxylic acid groups (broad SMARTS) is 1. The third-order valence-electron chi connectivity index (χ3n) is 8.50. The highest BCUT2D eigenvalue weighted by Crippen LogP contribution is 2.34. The monoisotopic (exact) mass is 734 g/mol. The fourth-order valence-corrected chi connectivity index (χ4v) is 8.10. The number of sulfonamides is 1. The second-order valence-electron chi connectivity index (χ2n) is 11.7. The molecule has 3 N–H and O–H groups in total. The predicted octanol–water partition coefficient (Wildman–Crippen LogP) is 4.19. The van der Waals surface area contributed by atoms with E-state index in [1.165, 1.54) is 48.8 Å². The van der Waals surface area contributed by atoms with E-state index in [1.807, 2.05) is 6.07 Å². The van der Waals surface area contributed by atoms with Crippen LogP contribution in [0.1, 0.15) is 40.7 Å². The normalized spacial score (nSPS) is 20.2. The van der Waals surface area contributed by atoms with E-state index in [0.717, 1.165) is 4.31 Å². The number of nitrogens with zero attached hydrogens (tertiary/aromatic N) is 4. The molecule has 2 aromatic carbocycles. The molecular formula is C32H30Cl2F2N6O6S. The molecule has 12 nitrogen and oxygen atoms in total. The first kappa shape index (κ1) is 36.1. The number of rotatable bonds is 10. The molecule has 2 aliphatic rings. The zero-order valence-electron chi connectivity index (χ0n) is 25.7. The fourth-order valence-electron chi connectivity index (χ4n) is 5.88. The van der Waals surface area contributed by atoms with Gasteiger partial charge in [0.2, 0.25) is 15.9 Å². The Morgan fingerprint density at radius 2 is 1.73 bits per heavy atom. The molecule has 1 unspecified atom stereocenters. The Kier molecular flexibility index (Phi) is 10.9. The number of aliphatic carboxylic acids is 1. The number of pyridine rings is 1. The molecule has 258 valence electrons.